The van der Waals surface area contributed by atoms with Gasteiger partial charge in [-0.05, 0) is 18.9 Å². The van der Waals surface area contributed by atoms with Gasteiger partial charge in [-0.2, -0.15) is 0 Å². The molecule has 0 saturated carbocycles. The van der Waals surface area contributed by atoms with Crippen molar-refractivity contribution < 1.29 is 18.1 Å². The number of nitrogens with zero attached hydrogens (tertiary/aromatic N) is 2. The SMILES string of the molecule is CNC(=O)C1CCN(S(=O)c2ccc(OC/C(=C/F)CN)nc2)CC1. The smallest absolute Gasteiger partial charge is 0.222 e. The summed E-state index contributed by atoms with van der Waals surface area (Å²) in [6, 6.07) is 3.27. The minimum atomic E-state index is -1.33. The lowest BCUT2D eigenvalue weighted by Gasteiger charge is -2.29. The summed E-state index contributed by atoms with van der Waals surface area (Å²) in [7, 11) is 0.295. The Morgan fingerprint density at radius 3 is 2.76 bits per heavy atom. The van der Waals surface area contributed by atoms with Crippen molar-refractivity contribution >= 4 is 16.9 Å². The number of aromatic nitrogens is 1. The average molecular weight is 370 g/mol. The number of amides is 1. The van der Waals surface area contributed by atoms with Gasteiger partial charge in [-0.25, -0.2) is 17.9 Å². The van der Waals surface area contributed by atoms with Crippen molar-refractivity contribution in [3.8, 4) is 5.88 Å². The van der Waals surface area contributed by atoms with E-state index in [1.54, 1.807) is 19.2 Å². The Kier molecular flexibility index (Phi) is 7.48. The molecule has 3 N–H and O–H groups in total. The van der Waals surface area contributed by atoms with E-state index in [1.807, 2.05) is 4.31 Å². The van der Waals surface area contributed by atoms with Gasteiger partial charge in [0.25, 0.3) is 0 Å². The molecule has 1 aliphatic rings. The first-order chi connectivity index (χ1) is 12.1. The maximum Gasteiger partial charge on any atom is 0.222 e. The number of hydrogen-bond donors (Lipinski definition) is 2. The van der Waals surface area contributed by atoms with E-state index in [1.165, 1.54) is 6.20 Å². The molecular weight excluding hydrogens is 347 g/mol. The monoisotopic (exact) mass is 370 g/mol. The molecule has 1 aromatic heterocycles. The van der Waals surface area contributed by atoms with Crippen molar-refractivity contribution in [3.05, 3.63) is 30.2 Å². The highest BCUT2D eigenvalue weighted by Gasteiger charge is 2.27. The second kappa shape index (κ2) is 9.59. The number of pyridine rings is 1. The summed E-state index contributed by atoms with van der Waals surface area (Å²) >= 11 is 0. The normalized spacial score (nSPS) is 18.0. The minimum Gasteiger partial charge on any atom is -0.473 e. The van der Waals surface area contributed by atoms with E-state index in [-0.39, 0.29) is 25.0 Å². The number of nitrogens with two attached hydrogens (primary N) is 1. The number of rotatable bonds is 7. The first-order valence-electron chi connectivity index (χ1n) is 8.04. The number of ether oxygens (including phenoxy) is 1. The molecule has 138 valence electrons. The molecule has 0 aromatic carbocycles. The van der Waals surface area contributed by atoms with E-state index in [9.17, 15) is 13.4 Å². The molecule has 0 bridgehead atoms. The van der Waals surface area contributed by atoms with Gasteiger partial charge in [-0.15, -0.1) is 0 Å². The molecule has 1 atom stereocenters. The maximum atomic E-state index is 12.6. The molecule has 25 heavy (non-hydrogen) atoms. The average Bonchev–Trinajstić information content (AvgIpc) is 2.68. The van der Waals surface area contributed by atoms with Crippen LogP contribution < -0.4 is 15.8 Å². The van der Waals surface area contributed by atoms with Gasteiger partial charge in [0.05, 0.1) is 11.2 Å². The lowest BCUT2D eigenvalue weighted by Crippen LogP contribution is -2.40. The zero-order valence-corrected chi connectivity index (χ0v) is 14.9. The van der Waals surface area contributed by atoms with Crippen LogP contribution in [0.15, 0.2) is 35.1 Å². The highest BCUT2D eigenvalue weighted by atomic mass is 32.2. The standard InChI is InChI=1S/C16H23FN4O3S/c1-19-16(22)13-4-6-21(7-5-13)25(23)14-2-3-15(20-10-14)24-11-12(8-17)9-18/h2-3,8,10,13H,4-7,9,11,18H2,1H3,(H,19,22)/b12-8+. The Hall–Kier alpha value is -1.84. The van der Waals surface area contributed by atoms with E-state index < -0.39 is 11.0 Å². The lowest BCUT2D eigenvalue weighted by atomic mass is 9.97. The van der Waals surface area contributed by atoms with Crippen LogP contribution in [0.3, 0.4) is 0 Å². The maximum absolute atomic E-state index is 12.6. The van der Waals surface area contributed by atoms with Gasteiger partial charge in [0, 0.05) is 50.4 Å². The van der Waals surface area contributed by atoms with Gasteiger partial charge < -0.3 is 15.8 Å². The van der Waals surface area contributed by atoms with Gasteiger partial charge in [0.15, 0.2) is 0 Å². The Bertz CT molecular complexity index is 631. The van der Waals surface area contributed by atoms with E-state index in [0.29, 0.717) is 48.6 Å². The fraction of sp³-hybridized carbons (Fsp3) is 0.500. The Balaban J connectivity index is 1.89. The van der Waals surface area contributed by atoms with Crippen LogP contribution in [-0.2, 0) is 15.8 Å². The van der Waals surface area contributed by atoms with Crippen molar-refractivity contribution in [1.29, 1.82) is 0 Å². The molecule has 0 aliphatic carbocycles. The second-order valence-corrected chi connectivity index (χ2v) is 7.15. The van der Waals surface area contributed by atoms with Crippen molar-refractivity contribution in [2.45, 2.75) is 17.7 Å². The molecule has 1 amide bonds. The van der Waals surface area contributed by atoms with Crippen LogP contribution in [-0.4, -0.2) is 52.7 Å². The third-order valence-corrected chi connectivity index (χ3v) is 5.52. The topological polar surface area (TPSA) is 97.5 Å². The first kappa shape index (κ1) is 19.5. The quantitative estimate of drug-likeness (QED) is 0.738. The summed E-state index contributed by atoms with van der Waals surface area (Å²) in [4.78, 5) is 16.3. The Morgan fingerprint density at radius 2 is 2.24 bits per heavy atom. The summed E-state index contributed by atoms with van der Waals surface area (Å²) < 4.78 is 32.2. The fourth-order valence-corrected chi connectivity index (χ4v) is 3.66. The molecule has 1 aliphatic heterocycles. The van der Waals surface area contributed by atoms with Crippen LogP contribution >= 0.6 is 0 Å². The molecule has 7 nitrogen and oxygen atoms in total. The van der Waals surface area contributed by atoms with Gasteiger partial charge in [-0.1, -0.05) is 0 Å². The van der Waals surface area contributed by atoms with Crippen molar-refractivity contribution in [3.63, 3.8) is 0 Å². The van der Waals surface area contributed by atoms with Gasteiger partial charge in [-0.3, -0.25) is 4.79 Å². The zero-order chi connectivity index (χ0) is 18.2. The van der Waals surface area contributed by atoms with E-state index >= 15 is 0 Å². The largest absolute Gasteiger partial charge is 0.473 e. The molecular formula is C16H23FN4O3S. The van der Waals surface area contributed by atoms with E-state index in [4.69, 9.17) is 10.5 Å². The van der Waals surface area contributed by atoms with Crippen molar-refractivity contribution in [1.82, 2.24) is 14.6 Å². The summed E-state index contributed by atoms with van der Waals surface area (Å²) in [5.41, 5.74) is 5.68. The molecule has 2 rings (SSSR count). The van der Waals surface area contributed by atoms with Crippen LogP contribution in [0.25, 0.3) is 0 Å². The predicted molar refractivity (Wildman–Crippen MR) is 92.7 cm³/mol. The molecule has 0 spiro atoms. The Labute approximate surface area is 149 Å². The number of carbonyl (C=O) groups is 1. The zero-order valence-electron chi connectivity index (χ0n) is 14.1. The first-order valence-corrected chi connectivity index (χ1v) is 9.15. The van der Waals surface area contributed by atoms with E-state index in [0.717, 1.165) is 0 Å². The van der Waals surface area contributed by atoms with Crippen molar-refractivity contribution in [2.24, 2.45) is 11.7 Å². The number of piperidine rings is 1. The summed E-state index contributed by atoms with van der Waals surface area (Å²) in [6.07, 6.45) is 3.26. The van der Waals surface area contributed by atoms with Crippen molar-refractivity contribution in [2.75, 3.05) is 33.3 Å². The highest BCUT2D eigenvalue weighted by molar-refractivity contribution is 7.82. The van der Waals surface area contributed by atoms with Crippen LogP contribution in [0.4, 0.5) is 4.39 Å². The molecule has 1 unspecified atom stereocenters. The van der Waals surface area contributed by atoms with Gasteiger partial charge in [0.1, 0.15) is 17.6 Å². The fourth-order valence-electron chi connectivity index (χ4n) is 2.49. The summed E-state index contributed by atoms with van der Waals surface area (Å²) in [6.45, 7) is 1.27. The third kappa shape index (κ3) is 5.32. The summed E-state index contributed by atoms with van der Waals surface area (Å²) in [5.74, 6) is 0.326. The second-order valence-electron chi connectivity index (χ2n) is 5.66. The number of hydrogen-bond acceptors (Lipinski definition) is 5. The molecule has 0 radical (unpaired) electrons. The number of nitrogens with one attached hydrogen (secondary N) is 1. The van der Waals surface area contributed by atoms with Gasteiger partial charge in [0.2, 0.25) is 11.8 Å². The molecule has 1 fully saturated rings. The van der Waals surface area contributed by atoms with Crippen LogP contribution in [0.5, 0.6) is 5.88 Å². The molecule has 9 heteroatoms. The summed E-state index contributed by atoms with van der Waals surface area (Å²) in [5, 5.41) is 2.65. The molecule has 2 heterocycles. The molecule has 1 saturated heterocycles. The van der Waals surface area contributed by atoms with Crippen LogP contribution in [0, 0.1) is 5.92 Å². The highest BCUT2D eigenvalue weighted by Crippen LogP contribution is 2.22. The predicted octanol–water partition coefficient (Wildman–Crippen LogP) is 0.753. The molecule has 1 aromatic rings. The third-order valence-electron chi connectivity index (χ3n) is 4.04. The Morgan fingerprint density at radius 1 is 1.52 bits per heavy atom. The van der Waals surface area contributed by atoms with E-state index in [2.05, 4.69) is 10.3 Å². The number of carbonyl (C=O) groups excluding carboxylic acids is 1. The number of halogens is 1. The van der Waals surface area contributed by atoms with Crippen LogP contribution in [0.2, 0.25) is 0 Å². The van der Waals surface area contributed by atoms with Crippen LogP contribution in [0.1, 0.15) is 12.8 Å². The lowest BCUT2D eigenvalue weighted by molar-refractivity contribution is -0.125. The van der Waals surface area contributed by atoms with Gasteiger partial charge >= 0.3 is 0 Å². The minimum absolute atomic E-state index is 0.0209.